The third-order valence-corrected chi connectivity index (χ3v) is 3.45. The summed E-state index contributed by atoms with van der Waals surface area (Å²) in [5.41, 5.74) is 1.29. The van der Waals surface area contributed by atoms with Crippen LogP contribution in [-0.2, 0) is 9.59 Å². The van der Waals surface area contributed by atoms with Crippen molar-refractivity contribution in [2.45, 2.75) is 19.8 Å². The van der Waals surface area contributed by atoms with E-state index in [1.807, 2.05) is 0 Å². The summed E-state index contributed by atoms with van der Waals surface area (Å²) in [6.07, 6.45) is 0. The molecule has 2 rings (SSSR count). The molecule has 110 valence electrons. The number of aromatic hydroxyl groups is 1. The van der Waals surface area contributed by atoms with Gasteiger partial charge in [-0.1, -0.05) is 12.1 Å². The molecule has 0 aliphatic carbocycles. The summed E-state index contributed by atoms with van der Waals surface area (Å²) < 4.78 is 0. The topological polar surface area (TPSA) is 107 Å². The summed E-state index contributed by atoms with van der Waals surface area (Å²) in [6, 6.07) is 5.86. The number of phenolic OH excluding ortho intramolecular Hbond substituents is 1. The van der Waals surface area contributed by atoms with Crippen molar-refractivity contribution in [2.75, 3.05) is 0 Å². The van der Waals surface area contributed by atoms with Crippen LogP contribution in [0.1, 0.15) is 25.3 Å². The quantitative estimate of drug-likeness (QED) is 0.676. The number of benzene rings is 1. The number of carboxylic acids is 2. The van der Waals surface area contributed by atoms with Crippen molar-refractivity contribution < 1.29 is 24.9 Å². The molecule has 1 aliphatic rings. The molecule has 0 amide bonds. The summed E-state index contributed by atoms with van der Waals surface area (Å²) in [5, 5.41) is 31.0. The molecule has 0 spiro atoms. The molecule has 1 aliphatic heterocycles. The summed E-state index contributed by atoms with van der Waals surface area (Å²) in [7, 11) is 0. The van der Waals surface area contributed by atoms with E-state index in [2.05, 4.69) is 5.32 Å². The van der Waals surface area contributed by atoms with E-state index in [1.165, 1.54) is 24.3 Å². The lowest BCUT2D eigenvalue weighted by Crippen LogP contribution is -2.30. The minimum atomic E-state index is -1.18. The number of dihydropyridines is 1. The first kappa shape index (κ1) is 14.6. The van der Waals surface area contributed by atoms with Gasteiger partial charge in [-0.2, -0.15) is 0 Å². The Morgan fingerprint density at radius 3 is 1.76 bits per heavy atom. The number of hydrogen-bond acceptors (Lipinski definition) is 4. The molecule has 0 fully saturated rings. The molecule has 0 saturated heterocycles. The number of rotatable bonds is 3. The van der Waals surface area contributed by atoms with E-state index in [0.717, 1.165) is 0 Å². The van der Waals surface area contributed by atoms with Crippen molar-refractivity contribution in [3.8, 4) is 5.75 Å². The zero-order valence-corrected chi connectivity index (χ0v) is 11.5. The lowest BCUT2D eigenvalue weighted by Gasteiger charge is -2.28. The van der Waals surface area contributed by atoms with Crippen LogP contribution in [0, 0.1) is 0 Å². The van der Waals surface area contributed by atoms with Gasteiger partial charge in [0, 0.05) is 11.4 Å². The lowest BCUT2D eigenvalue weighted by atomic mass is 9.80. The Hall–Kier alpha value is -2.76. The molecule has 1 aromatic rings. The zero-order chi connectivity index (χ0) is 15.7. The van der Waals surface area contributed by atoms with Crippen LogP contribution in [0.2, 0.25) is 0 Å². The normalized spacial score (nSPS) is 15.9. The second kappa shape index (κ2) is 5.32. The molecular weight excluding hydrogens is 274 g/mol. The first-order chi connectivity index (χ1) is 9.82. The summed E-state index contributed by atoms with van der Waals surface area (Å²) >= 11 is 0. The smallest absolute Gasteiger partial charge is 0.334 e. The van der Waals surface area contributed by atoms with Gasteiger partial charge in [0.05, 0.1) is 17.1 Å². The van der Waals surface area contributed by atoms with E-state index in [1.54, 1.807) is 13.8 Å². The average Bonchev–Trinajstić information content (AvgIpc) is 2.37. The highest BCUT2D eigenvalue weighted by Crippen LogP contribution is 2.38. The SMILES string of the molecule is CC1=C(C(=O)O)C(c2ccc(O)cc2)C(C(=O)O)=C(C)N1. The molecule has 6 nitrogen and oxygen atoms in total. The lowest BCUT2D eigenvalue weighted by molar-refractivity contribution is -0.133. The Balaban J connectivity index is 2.67. The number of nitrogens with one attached hydrogen (secondary N) is 1. The van der Waals surface area contributed by atoms with Gasteiger partial charge in [-0.3, -0.25) is 0 Å². The van der Waals surface area contributed by atoms with Gasteiger partial charge in [-0.05, 0) is 31.5 Å². The van der Waals surface area contributed by atoms with Crippen LogP contribution in [0.25, 0.3) is 0 Å². The predicted molar refractivity (Wildman–Crippen MR) is 74.7 cm³/mol. The third kappa shape index (κ3) is 2.60. The summed E-state index contributed by atoms with van der Waals surface area (Å²) in [5.74, 6) is -3.21. The number of carbonyl (C=O) groups is 2. The highest BCUT2D eigenvalue weighted by atomic mass is 16.4. The van der Waals surface area contributed by atoms with Gasteiger partial charge in [0.2, 0.25) is 0 Å². The van der Waals surface area contributed by atoms with Crippen molar-refractivity contribution in [1.82, 2.24) is 5.32 Å². The maximum Gasteiger partial charge on any atom is 0.334 e. The fraction of sp³-hybridized carbons (Fsp3) is 0.200. The third-order valence-electron chi connectivity index (χ3n) is 3.45. The van der Waals surface area contributed by atoms with Gasteiger partial charge in [0.15, 0.2) is 0 Å². The molecule has 21 heavy (non-hydrogen) atoms. The average molecular weight is 289 g/mol. The Labute approximate surface area is 121 Å². The minimum absolute atomic E-state index is 0.0105. The molecular formula is C15H15NO5. The van der Waals surface area contributed by atoms with Crippen molar-refractivity contribution in [1.29, 1.82) is 0 Å². The van der Waals surface area contributed by atoms with Crippen LogP contribution in [-0.4, -0.2) is 27.3 Å². The largest absolute Gasteiger partial charge is 0.508 e. The molecule has 1 heterocycles. The monoisotopic (exact) mass is 289 g/mol. The van der Waals surface area contributed by atoms with Gasteiger partial charge in [0.1, 0.15) is 5.75 Å². The number of aliphatic carboxylic acids is 2. The number of hydrogen-bond donors (Lipinski definition) is 4. The first-order valence-electron chi connectivity index (χ1n) is 6.27. The van der Waals surface area contributed by atoms with Gasteiger partial charge in [-0.15, -0.1) is 0 Å². The van der Waals surface area contributed by atoms with Crippen molar-refractivity contribution in [3.63, 3.8) is 0 Å². The van der Waals surface area contributed by atoms with Crippen molar-refractivity contribution in [3.05, 3.63) is 52.4 Å². The molecule has 4 N–H and O–H groups in total. The summed E-state index contributed by atoms with van der Waals surface area (Å²) in [6.45, 7) is 3.19. The van der Waals surface area contributed by atoms with E-state index in [9.17, 15) is 24.9 Å². The minimum Gasteiger partial charge on any atom is -0.508 e. The van der Waals surface area contributed by atoms with Crippen LogP contribution in [0.15, 0.2) is 46.8 Å². The molecule has 6 heteroatoms. The summed E-state index contributed by atoms with van der Waals surface area (Å²) in [4.78, 5) is 23.1. The van der Waals surface area contributed by atoms with E-state index in [-0.39, 0.29) is 16.9 Å². The molecule has 1 aromatic carbocycles. The second-order valence-corrected chi connectivity index (χ2v) is 4.84. The number of phenols is 1. The Morgan fingerprint density at radius 2 is 1.38 bits per heavy atom. The molecule has 0 atom stereocenters. The van der Waals surface area contributed by atoms with Crippen LogP contribution in [0.5, 0.6) is 5.75 Å². The molecule has 0 saturated carbocycles. The van der Waals surface area contributed by atoms with Crippen LogP contribution in [0.3, 0.4) is 0 Å². The molecule has 0 aromatic heterocycles. The standard InChI is InChI=1S/C15H15NO5/c1-7-11(14(18)19)13(9-3-5-10(17)6-4-9)12(15(20)21)8(2)16-7/h3-6,13,16-17H,1-2H3,(H,18,19)(H,20,21). The highest BCUT2D eigenvalue weighted by Gasteiger charge is 2.36. The maximum absolute atomic E-state index is 11.5. The molecule has 0 radical (unpaired) electrons. The zero-order valence-electron chi connectivity index (χ0n) is 11.5. The van der Waals surface area contributed by atoms with Crippen LogP contribution in [0.4, 0.5) is 0 Å². The van der Waals surface area contributed by atoms with Crippen LogP contribution < -0.4 is 5.32 Å². The predicted octanol–water partition coefficient (Wildman–Crippen LogP) is 1.80. The second-order valence-electron chi connectivity index (χ2n) is 4.84. The Kier molecular flexibility index (Phi) is 3.71. The Morgan fingerprint density at radius 1 is 0.952 bits per heavy atom. The van der Waals surface area contributed by atoms with E-state index in [4.69, 9.17) is 0 Å². The first-order valence-corrected chi connectivity index (χ1v) is 6.27. The number of allylic oxidation sites excluding steroid dienone is 2. The fourth-order valence-electron chi connectivity index (χ4n) is 2.56. The van der Waals surface area contributed by atoms with Gasteiger partial charge in [-0.25, -0.2) is 9.59 Å². The van der Waals surface area contributed by atoms with Gasteiger partial charge < -0.3 is 20.6 Å². The molecule has 0 bridgehead atoms. The highest BCUT2D eigenvalue weighted by molar-refractivity contribution is 5.98. The van der Waals surface area contributed by atoms with E-state index >= 15 is 0 Å². The van der Waals surface area contributed by atoms with E-state index < -0.39 is 17.9 Å². The molecule has 0 unspecified atom stereocenters. The van der Waals surface area contributed by atoms with Crippen molar-refractivity contribution in [2.24, 2.45) is 0 Å². The van der Waals surface area contributed by atoms with Crippen molar-refractivity contribution >= 4 is 11.9 Å². The Bertz CT molecular complexity index is 634. The maximum atomic E-state index is 11.5. The van der Waals surface area contributed by atoms with Crippen LogP contribution >= 0.6 is 0 Å². The van der Waals surface area contributed by atoms with Gasteiger partial charge in [0.25, 0.3) is 0 Å². The fourth-order valence-corrected chi connectivity index (χ4v) is 2.56. The number of carboxylic acid groups (broad SMARTS) is 2. The van der Waals surface area contributed by atoms with E-state index in [0.29, 0.717) is 17.0 Å². The van der Waals surface area contributed by atoms with Gasteiger partial charge >= 0.3 is 11.9 Å².